The smallest absolute Gasteiger partial charge is 0.171 e. The molecule has 0 saturated carbocycles. The molecule has 0 saturated heterocycles. The van der Waals surface area contributed by atoms with E-state index < -0.39 is 0 Å². The number of likely N-dealkylation sites (N-methyl/N-ethyl adjacent to an activating group) is 1. The van der Waals surface area contributed by atoms with E-state index in [0.717, 1.165) is 40.7 Å². The molecule has 2 aromatic carbocycles. The van der Waals surface area contributed by atoms with Gasteiger partial charge >= 0.3 is 0 Å². The lowest BCUT2D eigenvalue weighted by Gasteiger charge is -2.24. The first-order chi connectivity index (χ1) is 15.9. The maximum Gasteiger partial charge on any atom is 0.171 e. The largest absolute Gasteiger partial charge is 0.493 e. The minimum atomic E-state index is -0.366. The van der Waals surface area contributed by atoms with E-state index >= 15 is 0 Å². The van der Waals surface area contributed by atoms with E-state index in [9.17, 15) is 9.18 Å². The molecular weight excluding hydrogens is 443 g/mol. The number of carbonyl (C=O) groups excluding carboxylic acids is 1. The number of ketones is 1. The van der Waals surface area contributed by atoms with E-state index in [0.29, 0.717) is 22.9 Å². The monoisotopic (exact) mass is 466 g/mol. The fraction of sp³-hybridized carbons (Fsp3) is 0.280. The molecule has 4 aromatic rings. The maximum absolute atomic E-state index is 13.7. The highest BCUT2D eigenvalue weighted by molar-refractivity contribution is 6.32. The highest BCUT2D eigenvalue weighted by Crippen LogP contribution is 2.34. The van der Waals surface area contributed by atoms with Crippen LogP contribution in [-0.4, -0.2) is 52.7 Å². The number of H-pyrrole nitrogens is 1. The van der Waals surface area contributed by atoms with E-state index in [-0.39, 0.29) is 24.1 Å². The fourth-order valence-corrected chi connectivity index (χ4v) is 4.59. The third kappa shape index (κ3) is 4.14. The Labute approximate surface area is 195 Å². The van der Waals surface area contributed by atoms with Crippen molar-refractivity contribution < 1.29 is 13.9 Å². The zero-order chi connectivity index (χ0) is 23.1. The molecule has 1 aliphatic rings. The molecule has 170 valence electrons. The van der Waals surface area contributed by atoms with Crippen LogP contribution in [0.5, 0.6) is 5.75 Å². The Morgan fingerprint density at radius 1 is 1.30 bits per heavy atom. The van der Waals surface area contributed by atoms with Gasteiger partial charge in [-0.3, -0.25) is 9.89 Å². The number of aromatic nitrogens is 3. The van der Waals surface area contributed by atoms with E-state index in [1.54, 1.807) is 12.3 Å². The van der Waals surface area contributed by atoms with Crippen LogP contribution in [0.1, 0.15) is 15.9 Å². The summed E-state index contributed by atoms with van der Waals surface area (Å²) in [6, 6.07) is 10.4. The van der Waals surface area contributed by atoms with Crippen LogP contribution in [0.25, 0.3) is 22.0 Å². The molecule has 0 bridgehead atoms. The van der Waals surface area contributed by atoms with Crippen LogP contribution in [-0.2, 0) is 13.0 Å². The average Bonchev–Trinajstić information content (AvgIpc) is 3.39. The molecule has 0 radical (unpaired) electrons. The zero-order valence-corrected chi connectivity index (χ0v) is 19.2. The third-order valence-corrected chi connectivity index (χ3v) is 6.43. The highest BCUT2D eigenvalue weighted by atomic mass is 35.5. The van der Waals surface area contributed by atoms with Gasteiger partial charge in [-0.15, -0.1) is 0 Å². The average molecular weight is 467 g/mol. The standard InChI is InChI=1S/C25H24ClFN4O2/c1-30(2)7-8-31-13-21(19-5-3-15(11-22(19)31)20-12-28-29-25(20)26)24(32)17-9-16-10-18(27)4-6-23(16)33-14-17/h3-6,10-13,17H,7-9,14H2,1-2H3,(H,28,29)/t17-/m0/s1. The number of hydrogen-bond acceptors (Lipinski definition) is 4. The van der Waals surface area contributed by atoms with Gasteiger partial charge in [-0.1, -0.05) is 23.7 Å². The first-order valence-corrected chi connectivity index (χ1v) is 11.2. The van der Waals surface area contributed by atoms with Crippen molar-refractivity contribution in [1.82, 2.24) is 19.7 Å². The van der Waals surface area contributed by atoms with E-state index in [1.165, 1.54) is 12.1 Å². The molecule has 1 atom stereocenters. The quantitative estimate of drug-likeness (QED) is 0.414. The van der Waals surface area contributed by atoms with E-state index in [2.05, 4.69) is 19.7 Å². The van der Waals surface area contributed by atoms with Crippen molar-refractivity contribution in [3.05, 3.63) is 70.9 Å². The van der Waals surface area contributed by atoms with Crippen molar-refractivity contribution in [3.8, 4) is 16.9 Å². The Morgan fingerprint density at radius 3 is 2.91 bits per heavy atom. The maximum atomic E-state index is 13.7. The predicted molar refractivity (Wildman–Crippen MR) is 127 cm³/mol. The number of nitrogens with one attached hydrogen (secondary N) is 1. The van der Waals surface area contributed by atoms with Crippen molar-refractivity contribution in [3.63, 3.8) is 0 Å². The highest BCUT2D eigenvalue weighted by Gasteiger charge is 2.29. The van der Waals surface area contributed by atoms with Gasteiger partial charge in [-0.05, 0) is 55.9 Å². The minimum absolute atomic E-state index is 0.00704. The number of halogens is 2. The molecule has 0 fully saturated rings. The molecule has 0 spiro atoms. The summed E-state index contributed by atoms with van der Waals surface area (Å²) < 4.78 is 21.6. The van der Waals surface area contributed by atoms with Gasteiger partial charge in [-0.2, -0.15) is 5.10 Å². The molecule has 0 unspecified atom stereocenters. The van der Waals surface area contributed by atoms with Crippen molar-refractivity contribution in [1.29, 1.82) is 0 Å². The SMILES string of the molecule is CN(C)CCn1cc(C(=O)[C@@H]2COc3ccc(F)cc3C2)c2ccc(-c3c[nH]nc3Cl)cc21. The number of Topliss-reactive ketones (excluding diaryl/α,β-unsaturated/α-hetero) is 1. The van der Waals surface area contributed by atoms with E-state index in [1.807, 2.05) is 38.5 Å². The first kappa shape index (κ1) is 21.7. The normalized spacial score (nSPS) is 15.6. The van der Waals surface area contributed by atoms with Gasteiger partial charge in [0.1, 0.15) is 11.6 Å². The van der Waals surface area contributed by atoms with Crippen LogP contribution < -0.4 is 4.74 Å². The molecule has 33 heavy (non-hydrogen) atoms. The van der Waals surface area contributed by atoms with Crippen molar-refractivity contribution in [2.45, 2.75) is 13.0 Å². The second kappa shape index (κ2) is 8.65. The minimum Gasteiger partial charge on any atom is -0.493 e. The Hall–Kier alpha value is -3.16. The van der Waals surface area contributed by atoms with Gasteiger partial charge in [0, 0.05) is 47.5 Å². The van der Waals surface area contributed by atoms with Crippen LogP contribution in [0.4, 0.5) is 4.39 Å². The Kier molecular flexibility index (Phi) is 5.68. The number of rotatable bonds is 6. The van der Waals surface area contributed by atoms with Crippen molar-refractivity contribution in [2.24, 2.45) is 5.92 Å². The lowest BCUT2D eigenvalue weighted by molar-refractivity contribution is 0.0856. The third-order valence-electron chi connectivity index (χ3n) is 6.14. The summed E-state index contributed by atoms with van der Waals surface area (Å²) in [7, 11) is 4.04. The summed E-state index contributed by atoms with van der Waals surface area (Å²) in [6.45, 7) is 1.84. The number of aromatic amines is 1. The molecule has 6 nitrogen and oxygen atoms in total. The van der Waals surface area contributed by atoms with Crippen LogP contribution in [0.2, 0.25) is 5.15 Å². The molecule has 1 aliphatic heterocycles. The molecular formula is C25H24ClFN4O2. The Morgan fingerprint density at radius 2 is 2.15 bits per heavy atom. The van der Waals surface area contributed by atoms with Gasteiger partial charge in [0.25, 0.3) is 0 Å². The van der Waals surface area contributed by atoms with E-state index in [4.69, 9.17) is 16.3 Å². The summed E-state index contributed by atoms with van der Waals surface area (Å²) in [5.41, 5.74) is 4.08. The summed E-state index contributed by atoms with van der Waals surface area (Å²) in [5.74, 6) is -0.0329. The van der Waals surface area contributed by atoms with Gasteiger partial charge in [0.05, 0.1) is 12.5 Å². The molecule has 0 aliphatic carbocycles. The lowest BCUT2D eigenvalue weighted by Crippen LogP contribution is -2.28. The number of carbonyl (C=O) groups is 1. The molecule has 1 N–H and O–H groups in total. The first-order valence-electron chi connectivity index (χ1n) is 10.8. The summed E-state index contributed by atoms with van der Waals surface area (Å²) in [6.07, 6.45) is 4.15. The second-order valence-corrected chi connectivity index (χ2v) is 9.05. The lowest BCUT2D eigenvalue weighted by atomic mass is 9.89. The van der Waals surface area contributed by atoms with Crippen molar-refractivity contribution in [2.75, 3.05) is 27.2 Å². The van der Waals surface area contributed by atoms with Gasteiger partial charge in [0.15, 0.2) is 10.9 Å². The second-order valence-electron chi connectivity index (χ2n) is 8.69. The molecule has 8 heteroatoms. The van der Waals surface area contributed by atoms with Crippen molar-refractivity contribution >= 4 is 28.3 Å². The molecule has 0 amide bonds. The molecule has 5 rings (SSSR count). The van der Waals surface area contributed by atoms with Crippen LogP contribution in [0.3, 0.4) is 0 Å². The number of hydrogen-bond donors (Lipinski definition) is 1. The van der Waals surface area contributed by atoms with Gasteiger partial charge < -0.3 is 14.2 Å². The van der Waals surface area contributed by atoms with Crippen LogP contribution in [0, 0.1) is 11.7 Å². The number of ether oxygens (including phenoxy) is 1. The summed E-state index contributed by atoms with van der Waals surface area (Å²) in [5, 5.41) is 8.08. The predicted octanol–water partition coefficient (Wildman–Crippen LogP) is 4.82. The van der Waals surface area contributed by atoms with Gasteiger partial charge in [0.2, 0.25) is 0 Å². The molecule has 3 heterocycles. The fourth-order valence-electron chi connectivity index (χ4n) is 4.38. The van der Waals surface area contributed by atoms with Crippen LogP contribution in [0.15, 0.2) is 48.8 Å². The number of fused-ring (bicyclic) bond motifs is 2. The number of nitrogens with zero attached hydrogens (tertiary/aromatic N) is 3. The molecule has 2 aromatic heterocycles. The Balaban J connectivity index is 1.53. The van der Waals surface area contributed by atoms with Crippen LogP contribution >= 0.6 is 11.6 Å². The topological polar surface area (TPSA) is 63.1 Å². The Bertz CT molecular complexity index is 1340. The zero-order valence-electron chi connectivity index (χ0n) is 18.4. The summed E-state index contributed by atoms with van der Waals surface area (Å²) in [4.78, 5) is 15.7. The summed E-state index contributed by atoms with van der Waals surface area (Å²) >= 11 is 6.23. The van der Waals surface area contributed by atoms with Gasteiger partial charge in [-0.25, -0.2) is 4.39 Å². The number of benzene rings is 2.